The van der Waals surface area contributed by atoms with E-state index in [1.54, 1.807) is 4.68 Å². The zero-order valence-corrected chi connectivity index (χ0v) is 11.5. The molecular formula is C15H18N4. The highest BCUT2D eigenvalue weighted by molar-refractivity contribution is 5.97. The quantitative estimate of drug-likeness (QED) is 0.738. The fourth-order valence-corrected chi connectivity index (χ4v) is 2.53. The molecule has 0 amide bonds. The predicted octanol–water partition coefficient (Wildman–Crippen LogP) is 3.02. The Balaban J connectivity index is 2.29. The normalized spacial score (nSPS) is 11.3. The molecular weight excluding hydrogens is 236 g/mol. The number of aryl methyl sites for hydroxylation is 3. The standard InChI is InChI=1S/C15H18N4/c1-4-10-5-6-12-11(7-10)15(9(2)17-12)13-8-14(16)19(3)18-13/h5-8,17H,4,16H2,1-3H3. The molecule has 3 N–H and O–H groups in total. The number of benzene rings is 1. The smallest absolute Gasteiger partial charge is 0.121 e. The Morgan fingerprint density at radius 2 is 2.11 bits per heavy atom. The van der Waals surface area contributed by atoms with E-state index in [1.807, 2.05) is 13.1 Å². The number of hydrogen-bond donors (Lipinski definition) is 2. The first-order chi connectivity index (χ1) is 9.10. The Kier molecular flexibility index (Phi) is 2.59. The van der Waals surface area contributed by atoms with Gasteiger partial charge in [-0.2, -0.15) is 5.10 Å². The van der Waals surface area contributed by atoms with Gasteiger partial charge in [-0.25, -0.2) is 0 Å². The van der Waals surface area contributed by atoms with Crippen LogP contribution in [0.15, 0.2) is 24.3 Å². The maximum absolute atomic E-state index is 5.89. The molecule has 0 atom stereocenters. The van der Waals surface area contributed by atoms with Gasteiger partial charge in [0, 0.05) is 35.3 Å². The highest BCUT2D eigenvalue weighted by atomic mass is 15.3. The largest absolute Gasteiger partial charge is 0.384 e. The topological polar surface area (TPSA) is 59.6 Å². The molecule has 4 nitrogen and oxygen atoms in total. The van der Waals surface area contributed by atoms with Crippen LogP contribution in [0.2, 0.25) is 0 Å². The molecule has 0 radical (unpaired) electrons. The Labute approximate surface area is 112 Å². The van der Waals surface area contributed by atoms with Crippen molar-refractivity contribution in [3.63, 3.8) is 0 Å². The summed E-state index contributed by atoms with van der Waals surface area (Å²) >= 11 is 0. The van der Waals surface area contributed by atoms with E-state index >= 15 is 0 Å². The second-order valence-electron chi connectivity index (χ2n) is 4.94. The van der Waals surface area contributed by atoms with Gasteiger partial charge in [-0.3, -0.25) is 4.68 Å². The molecule has 0 aliphatic rings. The number of rotatable bonds is 2. The summed E-state index contributed by atoms with van der Waals surface area (Å²) < 4.78 is 1.71. The van der Waals surface area contributed by atoms with Gasteiger partial charge in [0.05, 0.1) is 5.69 Å². The third kappa shape index (κ3) is 1.80. The molecule has 0 aliphatic heterocycles. The van der Waals surface area contributed by atoms with E-state index in [-0.39, 0.29) is 0 Å². The molecule has 3 aromatic rings. The maximum atomic E-state index is 5.89. The predicted molar refractivity (Wildman–Crippen MR) is 79.0 cm³/mol. The summed E-state index contributed by atoms with van der Waals surface area (Å²) in [5.41, 5.74) is 11.6. The molecule has 0 spiro atoms. The van der Waals surface area contributed by atoms with Gasteiger partial charge < -0.3 is 10.7 Å². The molecule has 98 valence electrons. The Morgan fingerprint density at radius 3 is 2.74 bits per heavy atom. The van der Waals surface area contributed by atoms with Crippen molar-refractivity contribution in [2.24, 2.45) is 7.05 Å². The molecule has 3 rings (SSSR count). The molecule has 4 heteroatoms. The summed E-state index contributed by atoms with van der Waals surface area (Å²) in [4.78, 5) is 3.42. The summed E-state index contributed by atoms with van der Waals surface area (Å²) in [6, 6.07) is 8.46. The van der Waals surface area contributed by atoms with Crippen molar-refractivity contribution in [2.45, 2.75) is 20.3 Å². The van der Waals surface area contributed by atoms with Gasteiger partial charge in [0.25, 0.3) is 0 Å². The zero-order chi connectivity index (χ0) is 13.6. The van der Waals surface area contributed by atoms with Crippen LogP contribution in [0.3, 0.4) is 0 Å². The Bertz CT molecular complexity index is 729. The van der Waals surface area contributed by atoms with Gasteiger partial charge in [0.15, 0.2) is 0 Å². The second-order valence-corrected chi connectivity index (χ2v) is 4.94. The van der Waals surface area contributed by atoms with Gasteiger partial charge in [0.1, 0.15) is 5.82 Å². The van der Waals surface area contributed by atoms with Crippen LogP contribution in [0.1, 0.15) is 18.2 Å². The van der Waals surface area contributed by atoms with Crippen molar-refractivity contribution in [3.8, 4) is 11.3 Å². The van der Waals surface area contributed by atoms with E-state index in [0.717, 1.165) is 28.9 Å². The third-order valence-corrected chi connectivity index (χ3v) is 3.63. The van der Waals surface area contributed by atoms with E-state index in [0.29, 0.717) is 5.82 Å². The number of nitrogens with zero attached hydrogens (tertiary/aromatic N) is 2. The molecule has 0 saturated heterocycles. The van der Waals surface area contributed by atoms with E-state index < -0.39 is 0 Å². The number of fused-ring (bicyclic) bond motifs is 1. The summed E-state index contributed by atoms with van der Waals surface area (Å²) in [7, 11) is 1.86. The number of anilines is 1. The van der Waals surface area contributed by atoms with E-state index in [4.69, 9.17) is 5.73 Å². The van der Waals surface area contributed by atoms with Crippen LogP contribution in [0, 0.1) is 6.92 Å². The number of nitrogens with one attached hydrogen (secondary N) is 1. The van der Waals surface area contributed by atoms with Gasteiger partial charge in [-0.05, 0) is 31.0 Å². The fourth-order valence-electron chi connectivity index (χ4n) is 2.53. The molecule has 1 aromatic carbocycles. The molecule has 0 aliphatic carbocycles. The molecule has 0 fully saturated rings. The van der Waals surface area contributed by atoms with Crippen LogP contribution in [-0.2, 0) is 13.5 Å². The summed E-state index contributed by atoms with van der Waals surface area (Å²) in [5, 5.41) is 5.71. The minimum absolute atomic E-state index is 0.676. The van der Waals surface area contributed by atoms with Gasteiger partial charge in [-0.1, -0.05) is 13.0 Å². The van der Waals surface area contributed by atoms with Crippen LogP contribution in [0.25, 0.3) is 22.2 Å². The van der Waals surface area contributed by atoms with Crippen LogP contribution in [0.4, 0.5) is 5.82 Å². The zero-order valence-electron chi connectivity index (χ0n) is 11.5. The molecule has 19 heavy (non-hydrogen) atoms. The van der Waals surface area contributed by atoms with Crippen LogP contribution >= 0.6 is 0 Å². The van der Waals surface area contributed by atoms with Gasteiger partial charge in [-0.15, -0.1) is 0 Å². The SMILES string of the molecule is CCc1ccc2[nH]c(C)c(-c3cc(N)n(C)n3)c2c1. The second kappa shape index (κ2) is 4.16. The highest BCUT2D eigenvalue weighted by Gasteiger charge is 2.14. The van der Waals surface area contributed by atoms with Crippen molar-refractivity contribution >= 4 is 16.7 Å². The van der Waals surface area contributed by atoms with Gasteiger partial charge in [0.2, 0.25) is 0 Å². The summed E-state index contributed by atoms with van der Waals surface area (Å²) in [6.07, 6.45) is 1.03. The lowest BCUT2D eigenvalue weighted by Crippen LogP contribution is -1.96. The van der Waals surface area contributed by atoms with E-state index in [1.165, 1.54) is 10.9 Å². The average molecular weight is 254 g/mol. The van der Waals surface area contributed by atoms with Crippen LogP contribution < -0.4 is 5.73 Å². The third-order valence-electron chi connectivity index (χ3n) is 3.63. The molecule has 2 aromatic heterocycles. The average Bonchev–Trinajstić information content (AvgIpc) is 2.88. The minimum atomic E-state index is 0.676. The Hall–Kier alpha value is -2.23. The first-order valence-electron chi connectivity index (χ1n) is 6.51. The minimum Gasteiger partial charge on any atom is -0.384 e. The summed E-state index contributed by atoms with van der Waals surface area (Å²) in [5.74, 6) is 0.676. The van der Waals surface area contributed by atoms with Crippen molar-refractivity contribution in [1.82, 2.24) is 14.8 Å². The number of aromatic nitrogens is 3. The lowest BCUT2D eigenvalue weighted by Gasteiger charge is -1.99. The lowest BCUT2D eigenvalue weighted by molar-refractivity contribution is 0.782. The van der Waals surface area contributed by atoms with Crippen LogP contribution in [-0.4, -0.2) is 14.8 Å². The van der Waals surface area contributed by atoms with Crippen LogP contribution in [0.5, 0.6) is 0 Å². The monoisotopic (exact) mass is 254 g/mol. The lowest BCUT2D eigenvalue weighted by atomic mass is 10.0. The van der Waals surface area contributed by atoms with E-state index in [9.17, 15) is 0 Å². The van der Waals surface area contributed by atoms with E-state index in [2.05, 4.69) is 42.1 Å². The number of nitrogen functional groups attached to an aromatic ring is 1. The van der Waals surface area contributed by atoms with Crippen molar-refractivity contribution in [1.29, 1.82) is 0 Å². The van der Waals surface area contributed by atoms with Crippen molar-refractivity contribution in [2.75, 3.05) is 5.73 Å². The molecule has 0 bridgehead atoms. The number of aromatic amines is 1. The summed E-state index contributed by atoms with van der Waals surface area (Å²) in [6.45, 7) is 4.24. The number of H-pyrrole nitrogens is 1. The highest BCUT2D eigenvalue weighted by Crippen LogP contribution is 2.32. The van der Waals surface area contributed by atoms with Crippen molar-refractivity contribution < 1.29 is 0 Å². The van der Waals surface area contributed by atoms with Gasteiger partial charge >= 0.3 is 0 Å². The Morgan fingerprint density at radius 1 is 1.32 bits per heavy atom. The first kappa shape index (κ1) is 11.8. The molecule has 2 heterocycles. The van der Waals surface area contributed by atoms with Crippen molar-refractivity contribution in [3.05, 3.63) is 35.5 Å². The molecule has 0 unspecified atom stereocenters. The fraction of sp³-hybridized carbons (Fsp3) is 0.267. The first-order valence-corrected chi connectivity index (χ1v) is 6.51. The number of nitrogens with two attached hydrogens (primary N) is 1. The number of hydrogen-bond acceptors (Lipinski definition) is 2. The molecule has 0 saturated carbocycles. The maximum Gasteiger partial charge on any atom is 0.121 e.